The fraction of sp³-hybridized carbons (Fsp3) is 0.333. The minimum atomic E-state index is 0.00158. The van der Waals surface area contributed by atoms with Crippen LogP contribution in [-0.2, 0) is 0 Å². The van der Waals surface area contributed by atoms with Crippen molar-refractivity contribution in [2.45, 2.75) is 11.8 Å². The quantitative estimate of drug-likeness (QED) is 0.828. The van der Waals surface area contributed by atoms with Crippen molar-refractivity contribution < 1.29 is 4.74 Å². The van der Waals surface area contributed by atoms with Gasteiger partial charge in [0.1, 0.15) is 5.75 Å². The fourth-order valence-corrected chi connectivity index (χ4v) is 2.01. The molecule has 0 saturated carbocycles. The van der Waals surface area contributed by atoms with E-state index in [4.69, 9.17) is 4.74 Å². The van der Waals surface area contributed by atoms with E-state index in [0.717, 1.165) is 11.4 Å². The number of rotatable bonds is 2. The van der Waals surface area contributed by atoms with Crippen LogP contribution in [0.5, 0.6) is 5.75 Å². The maximum Gasteiger partial charge on any atom is 0.119 e. The second-order valence-corrected chi connectivity index (χ2v) is 4.98. The lowest BCUT2D eigenvalue weighted by atomic mass is 10.1. The van der Waals surface area contributed by atoms with Gasteiger partial charge in [0.2, 0.25) is 0 Å². The zero-order valence-electron chi connectivity index (χ0n) is 9.20. The lowest BCUT2D eigenvalue weighted by Gasteiger charge is -2.31. The molecule has 0 bridgehead atoms. The van der Waals surface area contributed by atoms with Crippen LogP contribution in [0.3, 0.4) is 0 Å². The molecule has 1 aliphatic rings. The number of thioether (sulfide) groups is 1. The summed E-state index contributed by atoms with van der Waals surface area (Å²) in [7, 11) is 1.69. The number of fused-ring (bicyclic) bond motifs is 1. The average Bonchev–Trinajstić information content (AvgIpc) is 2.28. The van der Waals surface area contributed by atoms with Crippen molar-refractivity contribution >= 4 is 23.5 Å². The van der Waals surface area contributed by atoms with Gasteiger partial charge in [0.25, 0.3) is 0 Å². The molecule has 1 atom stereocenters. The van der Waals surface area contributed by atoms with E-state index in [-0.39, 0.29) is 4.87 Å². The molecule has 1 aliphatic heterocycles. The third-order valence-electron chi connectivity index (χ3n) is 2.65. The first-order chi connectivity index (χ1) is 7.17. The third-order valence-corrected chi connectivity index (χ3v) is 3.73. The molecule has 1 unspecified atom stereocenters. The smallest absolute Gasteiger partial charge is 0.119 e. The van der Waals surface area contributed by atoms with Crippen molar-refractivity contribution in [1.29, 1.82) is 0 Å². The average molecular weight is 221 g/mol. The summed E-state index contributed by atoms with van der Waals surface area (Å²) in [6.07, 6.45) is 6.43. The van der Waals surface area contributed by atoms with E-state index >= 15 is 0 Å². The molecule has 0 amide bonds. The summed E-state index contributed by atoms with van der Waals surface area (Å²) in [5, 5.41) is 3.49. The zero-order valence-corrected chi connectivity index (χ0v) is 10.0. The van der Waals surface area contributed by atoms with E-state index in [1.54, 1.807) is 18.9 Å². The van der Waals surface area contributed by atoms with Crippen molar-refractivity contribution in [2.75, 3.05) is 18.7 Å². The van der Waals surface area contributed by atoms with E-state index in [9.17, 15) is 0 Å². The molecule has 3 heteroatoms. The van der Waals surface area contributed by atoms with Gasteiger partial charge in [0.15, 0.2) is 0 Å². The maximum absolute atomic E-state index is 5.19. The number of anilines is 1. The Kier molecular flexibility index (Phi) is 2.65. The Morgan fingerprint density at radius 1 is 1.40 bits per heavy atom. The molecule has 0 fully saturated rings. The second kappa shape index (κ2) is 3.81. The van der Waals surface area contributed by atoms with Crippen LogP contribution in [0.15, 0.2) is 24.3 Å². The molecule has 0 saturated heterocycles. The number of hydrogen-bond donors (Lipinski definition) is 1. The first kappa shape index (κ1) is 10.4. The molecule has 2 rings (SSSR count). The molecule has 0 spiro atoms. The predicted octanol–water partition coefficient (Wildman–Crippen LogP) is 3.21. The van der Waals surface area contributed by atoms with Crippen molar-refractivity contribution in [1.82, 2.24) is 0 Å². The molecule has 1 heterocycles. The fourth-order valence-electron chi connectivity index (χ4n) is 1.60. The first-order valence-electron chi connectivity index (χ1n) is 4.87. The van der Waals surface area contributed by atoms with Crippen LogP contribution in [0.4, 0.5) is 5.69 Å². The molecule has 1 N–H and O–H groups in total. The van der Waals surface area contributed by atoms with Crippen molar-refractivity contribution in [3.8, 4) is 5.75 Å². The van der Waals surface area contributed by atoms with Crippen LogP contribution in [-0.4, -0.2) is 18.2 Å². The summed E-state index contributed by atoms with van der Waals surface area (Å²) in [4.78, 5) is 0.00158. The number of ether oxygens (including phenoxy) is 1. The minimum Gasteiger partial charge on any atom is -0.497 e. The van der Waals surface area contributed by atoms with Gasteiger partial charge in [-0.25, -0.2) is 0 Å². The van der Waals surface area contributed by atoms with E-state index in [0.29, 0.717) is 0 Å². The lowest BCUT2D eigenvalue weighted by molar-refractivity contribution is 0.414. The maximum atomic E-state index is 5.19. The van der Waals surface area contributed by atoms with Crippen molar-refractivity contribution in [3.05, 3.63) is 29.8 Å². The van der Waals surface area contributed by atoms with Crippen LogP contribution in [0, 0.1) is 0 Å². The Morgan fingerprint density at radius 3 is 2.87 bits per heavy atom. The van der Waals surface area contributed by atoms with Crippen LogP contribution in [0.2, 0.25) is 0 Å². The van der Waals surface area contributed by atoms with Gasteiger partial charge in [0.05, 0.1) is 12.0 Å². The van der Waals surface area contributed by atoms with Gasteiger partial charge in [-0.1, -0.05) is 6.08 Å². The van der Waals surface area contributed by atoms with E-state index in [1.165, 1.54) is 5.56 Å². The number of methoxy groups -OCH3 is 1. The Morgan fingerprint density at radius 2 is 2.20 bits per heavy atom. The topological polar surface area (TPSA) is 21.3 Å². The highest BCUT2D eigenvalue weighted by molar-refractivity contribution is 8.00. The first-order valence-corrected chi connectivity index (χ1v) is 6.10. The summed E-state index contributed by atoms with van der Waals surface area (Å²) < 4.78 is 5.19. The Hall–Kier alpha value is -1.09. The molecular weight excluding hydrogens is 206 g/mol. The molecule has 1 aromatic carbocycles. The van der Waals surface area contributed by atoms with E-state index in [2.05, 4.69) is 36.7 Å². The molecule has 1 aromatic rings. The summed E-state index contributed by atoms with van der Waals surface area (Å²) in [6.45, 7) is 2.17. The van der Waals surface area contributed by atoms with Gasteiger partial charge in [-0.2, -0.15) is 0 Å². The number of benzene rings is 1. The molecule has 2 nitrogen and oxygen atoms in total. The van der Waals surface area contributed by atoms with E-state index < -0.39 is 0 Å². The summed E-state index contributed by atoms with van der Waals surface area (Å²) in [5.41, 5.74) is 2.34. The van der Waals surface area contributed by atoms with Gasteiger partial charge in [-0.15, -0.1) is 11.8 Å². The van der Waals surface area contributed by atoms with Crippen LogP contribution >= 0.6 is 11.8 Å². The van der Waals surface area contributed by atoms with Gasteiger partial charge in [-0.3, -0.25) is 0 Å². The Balaban J connectivity index is 2.36. The largest absolute Gasteiger partial charge is 0.497 e. The monoisotopic (exact) mass is 221 g/mol. The highest BCUT2D eigenvalue weighted by atomic mass is 32.2. The SMILES string of the molecule is COc1ccc2c(c1)C=CC(C)(SC)N2. The minimum absolute atomic E-state index is 0.00158. The normalized spacial score (nSPS) is 23.1. The second-order valence-electron chi connectivity index (χ2n) is 3.72. The highest BCUT2D eigenvalue weighted by Crippen LogP contribution is 2.35. The van der Waals surface area contributed by atoms with Gasteiger partial charge >= 0.3 is 0 Å². The summed E-state index contributed by atoms with van der Waals surface area (Å²) >= 11 is 1.79. The van der Waals surface area contributed by atoms with Crippen LogP contribution in [0.1, 0.15) is 12.5 Å². The Labute approximate surface area is 94.7 Å². The van der Waals surface area contributed by atoms with Crippen LogP contribution in [0.25, 0.3) is 6.08 Å². The molecule has 0 radical (unpaired) electrons. The number of hydrogen-bond acceptors (Lipinski definition) is 3. The third kappa shape index (κ3) is 1.97. The standard InChI is InChI=1S/C12H15NOS/c1-12(15-3)7-6-9-8-10(14-2)4-5-11(9)13-12/h4-8,13H,1-3H3. The Bertz CT molecular complexity index is 403. The molecule has 0 aliphatic carbocycles. The molecule has 0 aromatic heterocycles. The highest BCUT2D eigenvalue weighted by Gasteiger charge is 2.23. The lowest BCUT2D eigenvalue weighted by Crippen LogP contribution is -2.30. The van der Waals surface area contributed by atoms with Gasteiger partial charge in [-0.05, 0) is 37.5 Å². The number of nitrogens with one attached hydrogen (secondary N) is 1. The van der Waals surface area contributed by atoms with E-state index in [1.807, 2.05) is 12.1 Å². The van der Waals surface area contributed by atoms with Gasteiger partial charge in [0, 0.05) is 11.3 Å². The molecule has 15 heavy (non-hydrogen) atoms. The molecule has 80 valence electrons. The zero-order chi connectivity index (χ0) is 10.9. The predicted molar refractivity (Wildman–Crippen MR) is 67.6 cm³/mol. The van der Waals surface area contributed by atoms with Crippen molar-refractivity contribution in [2.24, 2.45) is 0 Å². The summed E-state index contributed by atoms with van der Waals surface area (Å²) in [6, 6.07) is 6.08. The molecular formula is C12H15NOS. The summed E-state index contributed by atoms with van der Waals surface area (Å²) in [5.74, 6) is 0.896. The van der Waals surface area contributed by atoms with Gasteiger partial charge < -0.3 is 10.1 Å². The van der Waals surface area contributed by atoms with Crippen molar-refractivity contribution in [3.63, 3.8) is 0 Å². The van der Waals surface area contributed by atoms with Crippen LogP contribution < -0.4 is 10.1 Å².